The van der Waals surface area contributed by atoms with Crippen LogP contribution in [-0.2, 0) is 4.79 Å². The average molecular weight is 445 g/mol. The molecule has 7 atom stereocenters. The summed E-state index contributed by atoms with van der Waals surface area (Å²) >= 11 is 0. The fourth-order valence-electron chi connectivity index (χ4n) is 8.15. The van der Waals surface area contributed by atoms with Gasteiger partial charge in [-0.2, -0.15) is 21.0 Å². The second kappa shape index (κ2) is 8.28. The van der Waals surface area contributed by atoms with Crippen molar-refractivity contribution in [2.24, 2.45) is 45.8 Å². The monoisotopic (exact) mass is 444 g/mol. The van der Waals surface area contributed by atoms with Gasteiger partial charge in [0.25, 0.3) is 0 Å². The van der Waals surface area contributed by atoms with Crippen LogP contribution in [0, 0.1) is 91.2 Å². The third-order valence-corrected chi connectivity index (χ3v) is 10.1. The van der Waals surface area contributed by atoms with E-state index in [9.17, 15) is 30.9 Å². The van der Waals surface area contributed by atoms with Gasteiger partial charge in [0.05, 0.1) is 30.4 Å². The summed E-state index contributed by atoms with van der Waals surface area (Å²) in [6, 6.07) is 7.16. The van der Waals surface area contributed by atoms with Gasteiger partial charge in [-0.25, -0.2) is 0 Å². The molecule has 3 fully saturated rings. The van der Waals surface area contributed by atoms with Crippen LogP contribution in [0.15, 0.2) is 11.6 Å². The molecule has 0 amide bonds. The Kier molecular flexibility index (Phi) is 5.89. The van der Waals surface area contributed by atoms with Gasteiger partial charge in [-0.15, -0.1) is 0 Å². The maximum Gasteiger partial charge on any atom is 0.179 e. The highest BCUT2D eigenvalue weighted by atomic mass is 16.3. The van der Waals surface area contributed by atoms with Crippen molar-refractivity contribution in [3.63, 3.8) is 0 Å². The Hall–Kier alpha value is -2.67. The van der Waals surface area contributed by atoms with Gasteiger partial charge < -0.3 is 5.11 Å². The fourth-order valence-corrected chi connectivity index (χ4v) is 8.15. The van der Waals surface area contributed by atoms with Crippen molar-refractivity contribution in [3.8, 4) is 24.3 Å². The van der Waals surface area contributed by atoms with E-state index in [2.05, 4.69) is 19.9 Å². The van der Waals surface area contributed by atoms with Gasteiger partial charge in [0.1, 0.15) is 5.78 Å². The first kappa shape index (κ1) is 23.5. The number of allylic oxidation sites excluding steroid dienone is 1. The number of hydrogen-bond donors (Lipinski definition) is 1. The number of rotatable bonds is 4. The van der Waals surface area contributed by atoms with Crippen LogP contribution in [-0.4, -0.2) is 17.0 Å². The van der Waals surface area contributed by atoms with Gasteiger partial charge in [-0.1, -0.05) is 25.5 Å². The van der Waals surface area contributed by atoms with Crippen molar-refractivity contribution in [1.29, 1.82) is 21.0 Å². The van der Waals surface area contributed by atoms with E-state index in [1.807, 2.05) is 12.1 Å². The minimum Gasteiger partial charge on any atom is -0.393 e. The minimum absolute atomic E-state index is 0.134. The Balaban J connectivity index is 1.58. The molecule has 0 radical (unpaired) electrons. The van der Waals surface area contributed by atoms with E-state index in [4.69, 9.17) is 0 Å². The maximum atomic E-state index is 13.5. The molecule has 0 spiro atoms. The zero-order chi connectivity index (χ0) is 24.0. The first-order chi connectivity index (χ1) is 15.7. The molecule has 0 aliphatic heterocycles. The third kappa shape index (κ3) is 3.39. The van der Waals surface area contributed by atoms with E-state index in [0.717, 1.165) is 51.4 Å². The fraction of sp³-hybridized carbons (Fsp3) is 0.741. The van der Waals surface area contributed by atoms with Crippen molar-refractivity contribution in [2.45, 2.75) is 77.7 Å². The topological polar surface area (TPSA) is 132 Å². The molecule has 1 N–H and O–H groups in total. The number of aliphatic hydroxyl groups is 1. The van der Waals surface area contributed by atoms with E-state index in [0.29, 0.717) is 17.8 Å². The number of aliphatic hydroxyl groups excluding tert-OH is 1. The van der Waals surface area contributed by atoms with E-state index >= 15 is 0 Å². The van der Waals surface area contributed by atoms with E-state index in [1.54, 1.807) is 12.1 Å². The number of fused-ring (bicyclic) bond motifs is 5. The van der Waals surface area contributed by atoms with Gasteiger partial charge >= 0.3 is 0 Å². The van der Waals surface area contributed by atoms with Crippen LogP contribution < -0.4 is 0 Å². The van der Waals surface area contributed by atoms with Crippen LogP contribution in [0.2, 0.25) is 0 Å². The Morgan fingerprint density at radius 2 is 1.79 bits per heavy atom. The first-order valence-electron chi connectivity index (χ1n) is 12.2. The van der Waals surface area contributed by atoms with Gasteiger partial charge in [0.2, 0.25) is 0 Å². The van der Waals surface area contributed by atoms with Crippen LogP contribution in [0.3, 0.4) is 0 Å². The molecule has 0 aromatic carbocycles. The molecule has 4 aliphatic rings. The quantitative estimate of drug-likeness (QED) is 0.631. The maximum absolute atomic E-state index is 13.5. The summed E-state index contributed by atoms with van der Waals surface area (Å²) in [6.45, 7) is 4.59. The molecule has 0 bridgehead atoms. The van der Waals surface area contributed by atoms with Crippen molar-refractivity contribution in [3.05, 3.63) is 11.6 Å². The molecule has 33 heavy (non-hydrogen) atoms. The van der Waals surface area contributed by atoms with Crippen LogP contribution >= 0.6 is 0 Å². The predicted octanol–water partition coefficient (Wildman–Crippen LogP) is 4.58. The van der Waals surface area contributed by atoms with Crippen molar-refractivity contribution in [1.82, 2.24) is 0 Å². The number of nitrogens with zero attached hydrogens (tertiary/aromatic N) is 4. The van der Waals surface area contributed by atoms with E-state index < -0.39 is 11.3 Å². The number of nitriles is 4. The molecule has 6 nitrogen and oxygen atoms in total. The second-order valence-electron chi connectivity index (χ2n) is 11.4. The van der Waals surface area contributed by atoms with Gasteiger partial charge in [-0.3, -0.25) is 4.79 Å². The molecule has 3 saturated carbocycles. The molecule has 6 heteroatoms. The van der Waals surface area contributed by atoms with Gasteiger partial charge in [0.15, 0.2) is 11.3 Å². The zero-order valence-corrected chi connectivity index (χ0v) is 19.5. The lowest BCUT2D eigenvalue weighted by molar-refractivity contribution is -0.131. The highest BCUT2D eigenvalue weighted by Crippen LogP contribution is 2.66. The lowest BCUT2D eigenvalue weighted by atomic mass is 9.47. The lowest BCUT2D eigenvalue weighted by Gasteiger charge is -2.58. The Bertz CT molecular complexity index is 1010. The van der Waals surface area contributed by atoms with E-state index in [-0.39, 0.29) is 35.1 Å². The lowest BCUT2D eigenvalue weighted by Crippen LogP contribution is -2.51. The number of carbonyl (C=O) groups is 1. The van der Waals surface area contributed by atoms with Gasteiger partial charge in [-0.05, 0) is 80.0 Å². The third-order valence-electron chi connectivity index (χ3n) is 10.1. The van der Waals surface area contributed by atoms with Crippen LogP contribution in [0.4, 0.5) is 0 Å². The van der Waals surface area contributed by atoms with Crippen LogP contribution in [0.1, 0.15) is 71.6 Å². The summed E-state index contributed by atoms with van der Waals surface area (Å²) in [5, 5.41) is 48.1. The molecule has 0 aromatic rings. The summed E-state index contributed by atoms with van der Waals surface area (Å²) in [5.41, 5.74) is -0.538. The molecule has 172 valence electrons. The smallest absolute Gasteiger partial charge is 0.179 e. The molecule has 0 aromatic heterocycles. The van der Waals surface area contributed by atoms with Crippen molar-refractivity contribution in [2.75, 3.05) is 0 Å². The summed E-state index contributed by atoms with van der Waals surface area (Å²) in [6.07, 6.45) is 9.12. The Labute approximate surface area is 196 Å². The SMILES string of the molecule is C[C@]12CC[C@H]3[C@H](CC=C4C[C@@H](O)CC[C@@]43C)[C@@H]1CC[C@@H]2C(=O)CC(C#N)(C#N)C(C#N)C#N. The number of carbonyl (C=O) groups excluding carboxylic acids is 1. The van der Waals surface area contributed by atoms with E-state index in [1.165, 1.54) is 5.57 Å². The molecular formula is C27H32N4O2. The summed E-state index contributed by atoms with van der Waals surface area (Å²) in [4.78, 5) is 13.5. The molecule has 4 rings (SSSR count). The van der Waals surface area contributed by atoms with Crippen LogP contribution in [0.5, 0.6) is 0 Å². The summed E-state index contributed by atoms with van der Waals surface area (Å²) in [7, 11) is 0. The van der Waals surface area contributed by atoms with Gasteiger partial charge in [0, 0.05) is 12.3 Å². The van der Waals surface area contributed by atoms with Crippen molar-refractivity contribution >= 4 is 5.78 Å². The van der Waals surface area contributed by atoms with Crippen LogP contribution in [0.25, 0.3) is 0 Å². The standard InChI is InChI=1S/C27H32N4O2/c1-25-9-7-19(32)11-17(25)3-4-20-21-5-6-23(26(21,2)10-8-22(20)25)24(33)12-27(15-30,16-31)18(13-28)14-29/h3,18-23,32H,4-12H2,1-2H3/t19-,20+,21-,22-,23+,25-,26-/m0/s1. The normalized spacial score (nSPS) is 39.5. The molecule has 0 heterocycles. The summed E-state index contributed by atoms with van der Waals surface area (Å²) in [5.74, 6) is -0.345. The predicted molar refractivity (Wildman–Crippen MR) is 119 cm³/mol. The second-order valence-corrected chi connectivity index (χ2v) is 11.4. The highest BCUT2D eigenvalue weighted by molar-refractivity contribution is 5.84. The number of Topliss-reactive ketones (excluding diaryl/α,β-unsaturated/α-hetero) is 1. The average Bonchev–Trinajstić information content (AvgIpc) is 3.16. The minimum atomic E-state index is -1.91. The Morgan fingerprint density at radius 3 is 2.42 bits per heavy atom. The molecule has 0 unspecified atom stereocenters. The summed E-state index contributed by atoms with van der Waals surface area (Å²) < 4.78 is 0. The highest BCUT2D eigenvalue weighted by Gasteiger charge is 2.60. The molecule has 4 aliphatic carbocycles. The molecule has 0 saturated heterocycles. The number of ketones is 1. The Morgan fingerprint density at radius 1 is 1.09 bits per heavy atom. The molecular weight excluding hydrogens is 412 g/mol. The number of hydrogen-bond acceptors (Lipinski definition) is 6. The van der Waals surface area contributed by atoms with Crippen molar-refractivity contribution < 1.29 is 9.90 Å². The first-order valence-corrected chi connectivity index (χ1v) is 12.2. The largest absolute Gasteiger partial charge is 0.393 e. The zero-order valence-electron chi connectivity index (χ0n) is 19.5.